The van der Waals surface area contributed by atoms with Crippen LogP contribution in [-0.4, -0.2) is 27.5 Å². The summed E-state index contributed by atoms with van der Waals surface area (Å²) in [6.07, 6.45) is 0. The van der Waals surface area contributed by atoms with E-state index >= 15 is 0 Å². The summed E-state index contributed by atoms with van der Waals surface area (Å²) in [5.41, 5.74) is 6.44. The van der Waals surface area contributed by atoms with Crippen molar-refractivity contribution in [3.63, 3.8) is 0 Å². The largest absolute Gasteiger partial charge is 0.272 e. The molecule has 0 atom stereocenters. The van der Waals surface area contributed by atoms with E-state index < -0.39 is 17.6 Å². The van der Waals surface area contributed by atoms with Crippen LogP contribution in [0.1, 0.15) is 21.7 Å². The Hall–Kier alpha value is -2.71. The SMILES string of the molecule is Cc1nc2cc(F)cc(C(=O)NNC(=O)CSc3ccc(Cl)cc3)c2nc1C. The van der Waals surface area contributed by atoms with Gasteiger partial charge in [-0.15, -0.1) is 11.8 Å². The Labute approximate surface area is 169 Å². The monoisotopic (exact) mass is 418 g/mol. The summed E-state index contributed by atoms with van der Waals surface area (Å²) < 4.78 is 13.9. The molecule has 9 heteroatoms. The van der Waals surface area contributed by atoms with Crippen LogP contribution >= 0.6 is 23.4 Å². The third-order valence-corrected chi connectivity index (χ3v) is 5.15. The van der Waals surface area contributed by atoms with Crippen LogP contribution in [0.2, 0.25) is 5.02 Å². The van der Waals surface area contributed by atoms with Gasteiger partial charge in [-0.1, -0.05) is 11.6 Å². The highest BCUT2D eigenvalue weighted by Crippen LogP contribution is 2.20. The first-order valence-corrected chi connectivity index (χ1v) is 9.62. The van der Waals surface area contributed by atoms with Gasteiger partial charge in [0.25, 0.3) is 5.91 Å². The maximum absolute atomic E-state index is 13.9. The van der Waals surface area contributed by atoms with Gasteiger partial charge < -0.3 is 0 Å². The van der Waals surface area contributed by atoms with E-state index in [0.29, 0.717) is 16.4 Å². The average molecular weight is 419 g/mol. The van der Waals surface area contributed by atoms with Crippen LogP contribution in [0.3, 0.4) is 0 Å². The highest BCUT2D eigenvalue weighted by molar-refractivity contribution is 8.00. The van der Waals surface area contributed by atoms with E-state index in [1.165, 1.54) is 17.8 Å². The van der Waals surface area contributed by atoms with E-state index in [9.17, 15) is 14.0 Å². The number of nitrogens with one attached hydrogen (secondary N) is 2. The van der Waals surface area contributed by atoms with Crippen LogP contribution in [0.5, 0.6) is 0 Å². The van der Waals surface area contributed by atoms with Gasteiger partial charge in [-0.2, -0.15) is 0 Å². The molecule has 1 heterocycles. The van der Waals surface area contributed by atoms with Gasteiger partial charge in [0, 0.05) is 16.0 Å². The van der Waals surface area contributed by atoms with E-state index in [4.69, 9.17) is 11.6 Å². The molecule has 0 aliphatic carbocycles. The lowest BCUT2D eigenvalue weighted by Gasteiger charge is -2.10. The average Bonchev–Trinajstić information content (AvgIpc) is 2.66. The third-order valence-electron chi connectivity index (χ3n) is 3.89. The summed E-state index contributed by atoms with van der Waals surface area (Å²) in [5, 5.41) is 0.608. The van der Waals surface area contributed by atoms with Crippen molar-refractivity contribution >= 4 is 46.2 Å². The zero-order valence-electron chi connectivity index (χ0n) is 15.0. The zero-order valence-corrected chi connectivity index (χ0v) is 16.6. The van der Waals surface area contributed by atoms with Gasteiger partial charge in [-0.05, 0) is 44.2 Å². The first-order valence-electron chi connectivity index (χ1n) is 8.25. The molecule has 0 fully saturated rings. The number of carbonyl (C=O) groups excluding carboxylic acids is 2. The summed E-state index contributed by atoms with van der Waals surface area (Å²) >= 11 is 7.10. The number of halogens is 2. The van der Waals surface area contributed by atoms with Gasteiger partial charge in [0.15, 0.2) is 0 Å². The van der Waals surface area contributed by atoms with Gasteiger partial charge in [-0.25, -0.2) is 14.4 Å². The van der Waals surface area contributed by atoms with Crippen LogP contribution in [0.4, 0.5) is 4.39 Å². The molecule has 2 aromatic carbocycles. The molecule has 6 nitrogen and oxygen atoms in total. The number of amides is 2. The topological polar surface area (TPSA) is 84.0 Å². The molecule has 0 aliphatic heterocycles. The first kappa shape index (κ1) is 20.0. The molecule has 3 rings (SSSR count). The van der Waals surface area contributed by atoms with E-state index in [2.05, 4.69) is 20.8 Å². The molecule has 3 aromatic rings. The summed E-state index contributed by atoms with van der Waals surface area (Å²) in [5.74, 6) is -1.61. The predicted molar refractivity (Wildman–Crippen MR) is 107 cm³/mol. The fourth-order valence-corrected chi connectivity index (χ4v) is 3.20. The summed E-state index contributed by atoms with van der Waals surface area (Å²) in [4.78, 5) is 33.9. The number of hydrazine groups is 1. The highest BCUT2D eigenvalue weighted by Gasteiger charge is 2.16. The number of rotatable bonds is 4. The highest BCUT2D eigenvalue weighted by atomic mass is 35.5. The van der Waals surface area contributed by atoms with Gasteiger partial charge >= 0.3 is 0 Å². The maximum atomic E-state index is 13.9. The number of nitrogens with zero attached hydrogens (tertiary/aromatic N) is 2. The predicted octanol–water partition coefficient (Wildman–Crippen LogP) is 3.59. The molecule has 2 amide bonds. The number of hydrogen-bond acceptors (Lipinski definition) is 5. The van der Waals surface area contributed by atoms with Gasteiger partial charge in [0.2, 0.25) is 5.91 Å². The Morgan fingerprint density at radius 3 is 2.46 bits per heavy atom. The molecular weight excluding hydrogens is 403 g/mol. The number of aromatic nitrogens is 2. The first-order chi connectivity index (χ1) is 13.3. The second-order valence-electron chi connectivity index (χ2n) is 5.96. The molecule has 144 valence electrons. The molecule has 0 bridgehead atoms. The molecule has 2 N–H and O–H groups in total. The van der Waals surface area contributed by atoms with Crippen LogP contribution < -0.4 is 10.9 Å². The summed E-state index contributed by atoms with van der Waals surface area (Å²) in [6.45, 7) is 3.51. The lowest BCUT2D eigenvalue weighted by molar-refractivity contribution is -0.119. The number of thioether (sulfide) groups is 1. The fraction of sp³-hybridized carbons (Fsp3) is 0.158. The van der Waals surface area contributed by atoms with Gasteiger partial charge in [-0.3, -0.25) is 20.4 Å². The van der Waals surface area contributed by atoms with Crippen molar-refractivity contribution in [1.29, 1.82) is 0 Å². The molecule has 0 saturated carbocycles. The molecule has 28 heavy (non-hydrogen) atoms. The summed E-state index contributed by atoms with van der Waals surface area (Å²) in [6, 6.07) is 9.32. The molecule has 0 unspecified atom stereocenters. The minimum absolute atomic E-state index is 0.00347. The second kappa shape index (κ2) is 8.53. The smallest absolute Gasteiger partial charge is 0.272 e. The van der Waals surface area contributed by atoms with Crippen molar-refractivity contribution in [3.05, 3.63) is 64.2 Å². The van der Waals surface area contributed by atoms with E-state index in [1.807, 2.05) is 0 Å². The van der Waals surface area contributed by atoms with Crippen molar-refractivity contribution in [3.8, 4) is 0 Å². The summed E-state index contributed by atoms with van der Waals surface area (Å²) in [7, 11) is 0. The molecule has 0 radical (unpaired) electrons. The van der Waals surface area contributed by atoms with Crippen molar-refractivity contribution in [1.82, 2.24) is 20.8 Å². The third kappa shape index (κ3) is 4.76. The normalized spacial score (nSPS) is 10.7. The lowest BCUT2D eigenvalue weighted by atomic mass is 10.1. The van der Waals surface area contributed by atoms with Crippen molar-refractivity contribution in [2.75, 3.05) is 5.75 Å². The standard InChI is InChI=1S/C19H16ClFN4O2S/c1-10-11(2)23-18-15(7-13(21)8-16(18)22-10)19(27)25-24-17(26)9-28-14-5-3-12(20)4-6-14/h3-8H,9H2,1-2H3,(H,24,26)(H,25,27). The number of hydrogen-bond donors (Lipinski definition) is 2. The van der Waals surface area contributed by atoms with E-state index in [1.54, 1.807) is 38.1 Å². The number of fused-ring (bicyclic) bond motifs is 1. The fourth-order valence-electron chi connectivity index (χ4n) is 2.38. The number of benzene rings is 2. The molecule has 0 saturated heterocycles. The molecular formula is C19H16ClFN4O2S. The van der Waals surface area contributed by atoms with Crippen LogP contribution in [0, 0.1) is 19.7 Å². The van der Waals surface area contributed by atoms with Crippen LogP contribution in [0.15, 0.2) is 41.3 Å². The zero-order chi connectivity index (χ0) is 20.3. The van der Waals surface area contributed by atoms with E-state index in [0.717, 1.165) is 11.0 Å². The van der Waals surface area contributed by atoms with Crippen LogP contribution in [0.25, 0.3) is 11.0 Å². The minimum Gasteiger partial charge on any atom is -0.272 e. The van der Waals surface area contributed by atoms with Gasteiger partial charge in [0.05, 0.1) is 28.2 Å². The number of carbonyl (C=O) groups is 2. The van der Waals surface area contributed by atoms with Crippen molar-refractivity contribution in [2.24, 2.45) is 0 Å². The molecule has 1 aromatic heterocycles. The Morgan fingerprint density at radius 2 is 1.75 bits per heavy atom. The Bertz CT molecular complexity index is 1060. The van der Waals surface area contributed by atoms with Crippen molar-refractivity contribution < 1.29 is 14.0 Å². The molecule has 0 spiro atoms. The Balaban J connectivity index is 1.66. The van der Waals surface area contributed by atoms with Crippen LogP contribution in [-0.2, 0) is 4.79 Å². The number of aryl methyl sites for hydroxylation is 2. The Morgan fingerprint density at radius 1 is 1.07 bits per heavy atom. The Kier molecular flexibility index (Phi) is 6.11. The van der Waals surface area contributed by atoms with E-state index in [-0.39, 0.29) is 22.3 Å². The minimum atomic E-state index is -0.674. The maximum Gasteiger partial charge on any atom is 0.272 e. The second-order valence-corrected chi connectivity index (χ2v) is 7.45. The quantitative estimate of drug-likeness (QED) is 0.499. The lowest BCUT2D eigenvalue weighted by Crippen LogP contribution is -2.42. The molecule has 0 aliphatic rings. The van der Waals surface area contributed by atoms with Crippen molar-refractivity contribution in [2.45, 2.75) is 18.7 Å². The van der Waals surface area contributed by atoms with Gasteiger partial charge in [0.1, 0.15) is 11.3 Å².